The summed E-state index contributed by atoms with van der Waals surface area (Å²) in [6, 6.07) is 8.50. The van der Waals surface area contributed by atoms with Gasteiger partial charge in [0.05, 0.1) is 0 Å². The number of benzene rings is 1. The highest BCUT2D eigenvalue weighted by Gasteiger charge is 2.51. The third kappa shape index (κ3) is 2.33. The lowest BCUT2D eigenvalue weighted by Crippen LogP contribution is -2.65. The quantitative estimate of drug-likeness (QED) is 0.926. The molecule has 0 radical (unpaired) electrons. The zero-order valence-electron chi connectivity index (χ0n) is 12.8. The lowest BCUT2D eigenvalue weighted by Gasteiger charge is -2.47. The number of hydrogen-bond donors (Lipinski definition) is 1. The second-order valence-electron chi connectivity index (χ2n) is 6.66. The van der Waals surface area contributed by atoms with Crippen LogP contribution in [0.4, 0.5) is 0 Å². The number of hydrogen-bond acceptors (Lipinski definition) is 2. The van der Waals surface area contributed by atoms with Crippen molar-refractivity contribution in [2.24, 2.45) is 5.92 Å². The van der Waals surface area contributed by atoms with E-state index in [2.05, 4.69) is 19.2 Å². The summed E-state index contributed by atoms with van der Waals surface area (Å²) in [5.41, 5.74) is 0.584. The fourth-order valence-electron chi connectivity index (χ4n) is 3.41. The van der Waals surface area contributed by atoms with Crippen molar-refractivity contribution in [3.63, 3.8) is 0 Å². The normalized spacial score (nSPS) is 26.7. The largest absolute Gasteiger partial charge is 0.339 e. The summed E-state index contributed by atoms with van der Waals surface area (Å²) in [5.74, 6) is 0.439. The lowest BCUT2D eigenvalue weighted by molar-refractivity contribution is -0.156. The molecule has 1 aliphatic carbocycles. The molecule has 0 aromatic heterocycles. The van der Waals surface area contributed by atoms with Crippen LogP contribution in [0.25, 0.3) is 0 Å². The summed E-state index contributed by atoms with van der Waals surface area (Å²) in [5, 5.41) is 2.86. The fraction of sp³-hybridized carbons (Fsp3) is 0.529. The second kappa shape index (κ2) is 4.86. The van der Waals surface area contributed by atoms with Gasteiger partial charge in [-0.15, -0.1) is 0 Å². The minimum Gasteiger partial charge on any atom is -0.339 e. The number of carbonyl (C=O) groups is 2. The van der Waals surface area contributed by atoms with Crippen LogP contribution in [0.3, 0.4) is 0 Å². The molecule has 0 spiro atoms. The predicted octanol–water partition coefficient (Wildman–Crippen LogP) is 2.26. The molecule has 1 heterocycles. The number of nitrogens with one attached hydrogen (secondary N) is 1. The van der Waals surface area contributed by atoms with Crippen molar-refractivity contribution in [2.75, 3.05) is 0 Å². The number of piperazine rings is 1. The maximum Gasteiger partial charge on any atom is 0.250 e. The first kappa shape index (κ1) is 14.1. The van der Waals surface area contributed by atoms with E-state index in [0.717, 1.165) is 18.4 Å². The van der Waals surface area contributed by atoms with E-state index in [1.165, 1.54) is 0 Å². The van der Waals surface area contributed by atoms with Crippen LogP contribution in [0.15, 0.2) is 30.3 Å². The van der Waals surface area contributed by atoms with E-state index < -0.39 is 12.1 Å². The SMILES string of the molecule is CC1C(=O)NC(c2ccccc2)C(=O)N1C(C)(C)C1CC1. The van der Waals surface area contributed by atoms with Gasteiger partial charge >= 0.3 is 0 Å². The van der Waals surface area contributed by atoms with E-state index in [1.807, 2.05) is 37.3 Å². The summed E-state index contributed by atoms with van der Waals surface area (Å²) in [4.78, 5) is 27.1. The van der Waals surface area contributed by atoms with Crippen molar-refractivity contribution in [1.29, 1.82) is 0 Å². The Morgan fingerprint density at radius 2 is 1.76 bits per heavy atom. The molecule has 4 nitrogen and oxygen atoms in total. The maximum absolute atomic E-state index is 13.0. The molecule has 2 amide bonds. The van der Waals surface area contributed by atoms with Crippen LogP contribution in [0, 0.1) is 5.92 Å². The summed E-state index contributed by atoms with van der Waals surface area (Å²) in [6.07, 6.45) is 2.28. The van der Waals surface area contributed by atoms with Crippen LogP contribution >= 0.6 is 0 Å². The van der Waals surface area contributed by atoms with E-state index in [4.69, 9.17) is 0 Å². The molecule has 21 heavy (non-hydrogen) atoms. The van der Waals surface area contributed by atoms with Crippen LogP contribution in [-0.2, 0) is 9.59 Å². The van der Waals surface area contributed by atoms with E-state index in [9.17, 15) is 9.59 Å². The topological polar surface area (TPSA) is 49.4 Å². The van der Waals surface area contributed by atoms with Gasteiger partial charge in [0.25, 0.3) is 5.91 Å². The molecule has 1 saturated carbocycles. The van der Waals surface area contributed by atoms with Gasteiger partial charge in [0.2, 0.25) is 5.91 Å². The van der Waals surface area contributed by atoms with Crippen LogP contribution in [0.2, 0.25) is 0 Å². The molecular weight excluding hydrogens is 264 g/mol. The van der Waals surface area contributed by atoms with Gasteiger partial charge in [0, 0.05) is 5.54 Å². The van der Waals surface area contributed by atoms with Gasteiger partial charge in [-0.2, -0.15) is 0 Å². The van der Waals surface area contributed by atoms with E-state index in [-0.39, 0.29) is 17.4 Å². The Balaban J connectivity index is 1.95. The van der Waals surface area contributed by atoms with Crippen LogP contribution in [0.1, 0.15) is 45.2 Å². The van der Waals surface area contributed by atoms with Crippen molar-refractivity contribution >= 4 is 11.8 Å². The van der Waals surface area contributed by atoms with E-state index in [0.29, 0.717) is 5.92 Å². The molecule has 2 fully saturated rings. The molecule has 2 aliphatic rings. The van der Waals surface area contributed by atoms with Crippen LogP contribution in [-0.4, -0.2) is 28.3 Å². The van der Waals surface area contributed by atoms with Crippen LogP contribution in [0.5, 0.6) is 0 Å². The summed E-state index contributed by atoms with van der Waals surface area (Å²) >= 11 is 0. The molecule has 1 aliphatic heterocycles. The Kier molecular flexibility index (Phi) is 3.27. The van der Waals surface area contributed by atoms with E-state index in [1.54, 1.807) is 4.90 Å². The first-order valence-electron chi connectivity index (χ1n) is 7.61. The molecular formula is C17H22N2O2. The highest BCUT2D eigenvalue weighted by Crippen LogP contribution is 2.45. The zero-order chi connectivity index (χ0) is 15.2. The maximum atomic E-state index is 13.0. The van der Waals surface area contributed by atoms with Crippen molar-refractivity contribution in [3.05, 3.63) is 35.9 Å². The molecule has 4 heteroatoms. The van der Waals surface area contributed by atoms with Gasteiger partial charge < -0.3 is 10.2 Å². The number of amides is 2. The zero-order valence-corrected chi connectivity index (χ0v) is 12.8. The van der Waals surface area contributed by atoms with Crippen LogP contribution < -0.4 is 5.32 Å². The average Bonchev–Trinajstić information content (AvgIpc) is 3.29. The molecule has 1 N–H and O–H groups in total. The molecule has 1 aromatic rings. The Hall–Kier alpha value is -1.84. The molecule has 2 unspecified atom stereocenters. The lowest BCUT2D eigenvalue weighted by atomic mass is 9.90. The first-order chi connectivity index (χ1) is 9.93. The Bertz CT molecular complexity index is 563. The van der Waals surface area contributed by atoms with E-state index >= 15 is 0 Å². The van der Waals surface area contributed by atoms with Gasteiger partial charge in [-0.1, -0.05) is 30.3 Å². The van der Waals surface area contributed by atoms with Gasteiger partial charge in [-0.25, -0.2) is 0 Å². The summed E-state index contributed by atoms with van der Waals surface area (Å²) < 4.78 is 0. The molecule has 3 rings (SSSR count). The predicted molar refractivity (Wildman–Crippen MR) is 80.4 cm³/mol. The Labute approximate surface area is 125 Å². The van der Waals surface area contributed by atoms with Gasteiger partial charge in [-0.3, -0.25) is 9.59 Å². The van der Waals surface area contributed by atoms with Crippen molar-refractivity contribution in [1.82, 2.24) is 10.2 Å². The monoisotopic (exact) mass is 286 g/mol. The van der Waals surface area contributed by atoms with Crippen molar-refractivity contribution in [2.45, 2.75) is 51.2 Å². The first-order valence-corrected chi connectivity index (χ1v) is 7.61. The van der Waals surface area contributed by atoms with Crippen molar-refractivity contribution < 1.29 is 9.59 Å². The molecule has 112 valence electrons. The highest BCUT2D eigenvalue weighted by molar-refractivity contribution is 5.97. The fourth-order valence-corrected chi connectivity index (χ4v) is 3.41. The molecule has 2 atom stereocenters. The number of rotatable bonds is 3. The minimum atomic E-state index is -0.562. The average molecular weight is 286 g/mol. The third-order valence-electron chi connectivity index (χ3n) is 4.87. The van der Waals surface area contributed by atoms with Gasteiger partial charge in [-0.05, 0) is 45.1 Å². The molecule has 0 bridgehead atoms. The standard InChI is InChI=1S/C17H22N2O2/c1-11-15(20)18-14(12-7-5-4-6-8-12)16(21)19(11)17(2,3)13-9-10-13/h4-8,11,13-14H,9-10H2,1-3H3,(H,18,20). The Morgan fingerprint density at radius 1 is 1.14 bits per heavy atom. The summed E-state index contributed by atoms with van der Waals surface area (Å²) in [7, 11) is 0. The summed E-state index contributed by atoms with van der Waals surface area (Å²) in [6.45, 7) is 5.98. The Morgan fingerprint density at radius 3 is 2.33 bits per heavy atom. The minimum absolute atomic E-state index is 0.00481. The number of carbonyl (C=O) groups excluding carboxylic acids is 2. The smallest absolute Gasteiger partial charge is 0.250 e. The molecule has 1 aromatic carbocycles. The van der Waals surface area contributed by atoms with Gasteiger partial charge in [0.1, 0.15) is 12.1 Å². The second-order valence-corrected chi connectivity index (χ2v) is 6.66. The highest BCUT2D eigenvalue weighted by atomic mass is 16.2. The number of nitrogens with zero attached hydrogens (tertiary/aromatic N) is 1. The van der Waals surface area contributed by atoms with Gasteiger partial charge in [0.15, 0.2) is 0 Å². The van der Waals surface area contributed by atoms with Crippen molar-refractivity contribution in [3.8, 4) is 0 Å². The molecule has 1 saturated heterocycles. The third-order valence-corrected chi connectivity index (χ3v) is 4.87.